The SMILES string of the molecule is CNC(=O)Cc1ccc(NC(=O)N2CCC(N3CC=CC3)C2)cc1. The highest BCUT2D eigenvalue weighted by molar-refractivity contribution is 5.89. The van der Waals surface area contributed by atoms with E-state index in [2.05, 4.69) is 27.7 Å². The second-order valence-corrected chi connectivity index (χ2v) is 6.29. The molecule has 0 radical (unpaired) electrons. The molecule has 1 aromatic rings. The maximum atomic E-state index is 12.4. The topological polar surface area (TPSA) is 64.7 Å². The van der Waals surface area contributed by atoms with Gasteiger partial charge in [0.2, 0.25) is 5.91 Å². The third-order valence-corrected chi connectivity index (χ3v) is 4.66. The van der Waals surface area contributed by atoms with E-state index >= 15 is 0 Å². The van der Waals surface area contributed by atoms with Crippen molar-refractivity contribution in [3.8, 4) is 0 Å². The molecule has 0 bridgehead atoms. The van der Waals surface area contributed by atoms with E-state index in [9.17, 15) is 9.59 Å². The fourth-order valence-electron chi connectivity index (χ4n) is 3.20. The molecular formula is C18H24N4O2. The lowest BCUT2D eigenvalue weighted by molar-refractivity contribution is -0.119. The second-order valence-electron chi connectivity index (χ2n) is 6.29. The van der Waals surface area contributed by atoms with Crippen molar-refractivity contribution in [3.63, 3.8) is 0 Å². The number of urea groups is 1. The molecule has 2 N–H and O–H groups in total. The quantitative estimate of drug-likeness (QED) is 0.823. The van der Waals surface area contributed by atoms with Gasteiger partial charge in [0.05, 0.1) is 6.42 Å². The van der Waals surface area contributed by atoms with Gasteiger partial charge in [-0.25, -0.2) is 4.79 Å². The molecule has 128 valence electrons. The number of nitrogens with zero attached hydrogens (tertiary/aromatic N) is 2. The standard InChI is InChI=1S/C18H24N4O2/c1-19-17(23)12-14-4-6-15(7-5-14)20-18(24)22-11-8-16(13-22)21-9-2-3-10-21/h2-7,16H,8-13H2,1H3,(H,19,23)(H,20,24). The molecule has 3 rings (SSSR count). The molecule has 1 saturated heterocycles. The number of benzene rings is 1. The van der Waals surface area contributed by atoms with Crippen LogP contribution in [0.4, 0.5) is 10.5 Å². The minimum atomic E-state index is -0.0521. The average molecular weight is 328 g/mol. The number of likely N-dealkylation sites (tertiary alicyclic amines) is 1. The lowest BCUT2D eigenvalue weighted by Gasteiger charge is -2.23. The summed E-state index contributed by atoms with van der Waals surface area (Å²) < 4.78 is 0. The Morgan fingerprint density at radius 1 is 1.17 bits per heavy atom. The highest BCUT2D eigenvalue weighted by Gasteiger charge is 2.30. The molecule has 6 nitrogen and oxygen atoms in total. The van der Waals surface area contributed by atoms with Gasteiger partial charge in [-0.2, -0.15) is 0 Å². The van der Waals surface area contributed by atoms with Gasteiger partial charge in [-0.15, -0.1) is 0 Å². The van der Waals surface area contributed by atoms with Crippen molar-refractivity contribution < 1.29 is 9.59 Å². The monoisotopic (exact) mass is 328 g/mol. The maximum Gasteiger partial charge on any atom is 0.321 e. The van der Waals surface area contributed by atoms with Crippen molar-refractivity contribution in [1.29, 1.82) is 0 Å². The molecule has 6 heteroatoms. The molecule has 1 unspecified atom stereocenters. The molecule has 1 atom stereocenters. The summed E-state index contributed by atoms with van der Waals surface area (Å²) in [4.78, 5) is 28.0. The first-order valence-corrected chi connectivity index (χ1v) is 8.40. The summed E-state index contributed by atoms with van der Waals surface area (Å²) in [7, 11) is 1.62. The Labute approximate surface area is 142 Å². The van der Waals surface area contributed by atoms with E-state index in [4.69, 9.17) is 0 Å². The van der Waals surface area contributed by atoms with Crippen LogP contribution in [0.15, 0.2) is 36.4 Å². The van der Waals surface area contributed by atoms with Crippen LogP contribution in [0.1, 0.15) is 12.0 Å². The number of carbonyl (C=O) groups is 2. The van der Waals surface area contributed by atoms with Crippen LogP contribution in [-0.4, -0.2) is 61.0 Å². The van der Waals surface area contributed by atoms with Crippen LogP contribution in [0.5, 0.6) is 0 Å². The number of amides is 3. The van der Waals surface area contributed by atoms with E-state index in [1.54, 1.807) is 7.05 Å². The first kappa shape index (κ1) is 16.5. The molecule has 2 aliphatic rings. The van der Waals surface area contributed by atoms with Crippen molar-refractivity contribution in [2.75, 3.05) is 38.5 Å². The predicted molar refractivity (Wildman–Crippen MR) is 93.9 cm³/mol. The average Bonchev–Trinajstić information content (AvgIpc) is 3.27. The van der Waals surface area contributed by atoms with Gasteiger partial charge in [0.15, 0.2) is 0 Å². The highest BCUT2D eigenvalue weighted by atomic mass is 16.2. The van der Waals surface area contributed by atoms with Crippen molar-refractivity contribution in [1.82, 2.24) is 15.1 Å². The zero-order chi connectivity index (χ0) is 16.9. The summed E-state index contributed by atoms with van der Waals surface area (Å²) in [5.74, 6) is -0.0219. The van der Waals surface area contributed by atoms with Crippen LogP contribution in [-0.2, 0) is 11.2 Å². The number of likely N-dealkylation sites (N-methyl/N-ethyl adjacent to an activating group) is 1. The molecule has 24 heavy (non-hydrogen) atoms. The summed E-state index contributed by atoms with van der Waals surface area (Å²) in [6, 6.07) is 7.83. The maximum absolute atomic E-state index is 12.4. The Bertz CT molecular complexity index is 618. The van der Waals surface area contributed by atoms with Gasteiger partial charge in [0, 0.05) is 45.0 Å². The molecular weight excluding hydrogens is 304 g/mol. The van der Waals surface area contributed by atoms with Gasteiger partial charge < -0.3 is 15.5 Å². The summed E-state index contributed by atoms with van der Waals surface area (Å²) in [6.45, 7) is 3.56. The Hall–Kier alpha value is -2.34. The molecule has 0 aliphatic carbocycles. The Balaban J connectivity index is 1.50. The first-order valence-electron chi connectivity index (χ1n) is 8.40. The Morgan fingerprint density at radius 3 is 2.54 bits per heavy atom. The molecule has 0 spiro atoms. The van der Waals surface area contributed by atoms with Crippen molar-refractivity contribution >= 4 is 17.6 Å². The van der Waals surface area contributed by atoms with Crippen LogP contribution in [0.2, 0.25) is 0 Å². The number of nitrogens with one attached hydrogen (secondary N) is 2. The van der Waals surface area contributed by atoms with E-state index in [1.807, 2.05) is 29.2 Å². The lowest BCUT2D eigenvalue weighted by Crippen LogP contribution is -2.38. The van der Waals surface area contributed by atoms with E-state index in [-0.39, 0.29) is 11.9 Å². The number of hydrogen-bond acceptors (Lipinski definition) is 3. The van der Waals surface area contributed by atoms with Gasteiger partial charge in [0.25, 0.3) is 0 Å². The molecule has 0 saturated carbocycles. The number of anilines is 1. The summed E-state index contributed by atoms with van der Waals surface area (Å²) in [5.41, 5.74) is 1.68. The molecule has 1 aromatic carbocycles. The molecule has 2 heterocycles. The van der Waals surface area contributed by atoms with Gasteiger partial charge in [0.1, 0.15) is 0 Å². The van der Waals surface area contributed by atoms with Gasteiger partial charge >= 0.3 is 6.03 Å². The minimum absolute atomic E-state index is 0.0219. The number of rotatable bonds is 4. The van der Waals surface area contributed by atoms with Gasteiger partial charge in [-0.05, 0) is 24.1 Å². The predicted octanol–water partition coefficient (Wildman–Crippen LogP) is 1.45. The Morgan fingerprint density at radius 2 is 1.88 bits per heavy atom. The minimum Gasteiger partial charge on any atom is -0.359 e. The van der Waals surface area contributed by atoms with Crippen LogP contribution in [0.3, 0.4) is 0 Å². The first-order chi connectivity index (χ1) is 11.7. The van der Waals surface area contributed by atoms with Crippen molar-refractivity contribution in [2.24, 2.45) is 0 Å². The largest absolute Gasteiger partial charge is 0.359 e. The van der Waals surface area contributed by atoms with Crippen molar-refractivity contribution in [2.45, 2.75) is 18.9 Å². The fourth-order valence-corrected chi connectivity index (χ4v) is 3.20. The molecule has 0 aromatic heterocycles. The number of hydrogen-bond donors (Lipinski definition) is 2. The van der Waals surface area contributed by atoms with E-state index in [0.29, 0.717) is 12.5 Å². The van der Waals surface area contributed by atoms with E-state index in [0.717, 1.165) is 43.9 Å². The molecule has 3 amide bonds. The lowest BCUT2D eigenvalue weighted by atomic mass is 10.1. The summed E-state index contributed by atoms with van der Waals surface area (Å²) in [6.07, 6.45) is 5.74. The second kappa shape index (κ2) is 7.49. The number of carbonyl (C=O) groups excluding carboxylic acids is 2. The molecule has 2 aliphatic heterocycles. The zero-order valence-corrected chi connectivity index (χ0v) is 14.0. The van der Waals surface area contributed by atoms with Gasteiger partial charge in [-0.1, -0.05) is 24.3 Å². The molecule has 1 fully saturated rings. The normalized spacial score (nSPS) is 20.4. The van der Waals surface area contributed by atoms with Crippen LogP contribution < -0.4 is 10.6 Å². The van der Waals surface area contributed by atoms with Crippen LogP contribution in [0, 0.1) is 0 Å². The van der Waals surface area contributed by atoms with E-state index in [1.165, 1.54) is 0 Å². The third kappa shape index (κ3) is 3.94. The van der Waals surface area contributed by atoms with Crippen molar-refractivity contribution in [3.05, 3.63) is 42.0 Å². The summed E-state index contributed by atoms with van der Waals surface area (Å²) in [5, 5.41) is 5.54. The smallest absolute Gasteiger partial charge is 0.321 e. The fraction of sp³-hybridized carbons (Fsp3) is 0.444. The highest BCUT2D eigenvalue weighted by Crippen LogP contribution is 2.19. The zero-order valence-electron chi connectivity index (χ0n) is 14.0. The summed E-state index contributed by atoms with van der Waals surface area (Å²) >= 11 is 0. The van der Waals surface area contributed by atoms with E-state index < -0.39 is 0 Å². The van der Waals surface area contributed by atoms with Gasteiger partial charge in [-0.3, -0.25) is 9.69 Å². The third-order valence-electron chi connectivity index (χ3n) is 4.66. The van der Waals surface area contributed by atoms with Crippen LogP contribution in [0.25, 0.3) is 0 Å². The van der Waals surface area contributed by atoms with Crippen LogP contribution >= 0.6 is 0 Å². The Kier molecular flexibility index (Phi) is 5.15.